The zero-order valence-electron chi connectivity index (χ0n) is 17.3. The van der Waals surface area contributed by atoms with Gasteiger partial charge in [-0.3, -0.25) is 14.4 Å². The van der Waals surface area contributed by atoms with Crippen molar-refractivity contribution in [3.8, 4) is 5.75 Å². The van der Waals surface area contributed by atoms with E-state index < -0.39 is 18.1 Å². The van der Waals surface area contributed by atoms with Crippen LogP contribution in [0.3, 0.4) is 0 Å². The number of para-hydroxylation sites is 2. The molecule has 31 heavy (non-hydrogen) atoms. The molecule has 2 aliphatic rings. The number of hydrogen-bond donors (Lipinski definition) is 0. The highest BCUT2D eigenvalue weighted by Gasteiger charge is 2.60. The minimum Gasteiger partial charge on any atom is -0.497 e. The van der Waals surface area contributed by atoms with E-state index in [2.05, 4.69) is 0 Å². The molecular weight excluding hydrogens is 392 g/mol. The van der Waals surface area contributed by atoms with Crippen molar-refractivity contribution in [1.29, 1.82) is 0 Å². The largest absolute Gasteiger partial charge is 0.497 e. The van der Waals surface area contributed by atoms with Crippen LogP contribution in [0, 0.1) is 12.8 Å². The number of benzene rings is 3. The molecule has 0 aromatic heterocycles. The molecule has 0 saturated carbocycles. The second kappa shape index (κ2) is 7.56. The van der Waals surface area contributed by atoms with Crippen molar-refractivity contribution in [1.82, 2.24) is 0 Å². The van der Waals surface area contributed by atoms with Gasteiger partial charge in [-0.15, -0.1) is 0 Å². The van der Waals surface area contributed by atoms with Gasteiger partial charge < -0.3 is 4.74 Å². The number of hydroxylamine groups is 1. The lowest BCUT2D eigenvalue weighted by Crippen LogP contribution is -2.37. The highest BCUT2D eigenvalue weighted by molar-refractivity contribution is 6.23. The number of hydrogen-bond acceptors (Lipinski definition) is 5. The third kappa shape index (κ3) is 3.07. The van der Waals surface area contributed by atoms with E-state index in [-0.39, 0.29) is 11.8 Å². The Labute approximate surface area is 180 Å². The van der Waals surface area contributed by atoms with Crippen LogP contribution >= 0.6 is 0 Å². The third-order valence-corrected chi connectivity index (χ3v) is 5.94. The first-order valence-electron chi connectivity index (χ1n) is 10.2. The minimum atomic E-state index is -0.876. The van der Waals surface area contributed by atoms with Gasteiger partial charge in [0.05, 0.1) is 24.5 Å². The van der Waals surface area contributed by atoms with E-state index in [9.17, 15) is 9.59 Å². The van der Waals surface area contributed by atoms with Gasteiger partial charge >= 0.3 is 0 Å². The van der Waals surface area contributed by atoms with E-state index >= 15 is 0 Å². The van der Waals surface area contributed by atoms with Crippen molar-refractivity contribution in [2.75, 3.05) is 17.1 Å². The summed E-state index contributed by atoms with van der Waals surface area (Å²) in [4.78, 5) is 34.3. The first kappa shape index (κ1) is 19.3. The maximum Gasteiger partial charge on any atom is 0.266 e. The van der Waals surface area contributed by atoms with Crippen LogP contribution in [-0.4, -0.2) is 25.0 Å². The monoisotopic (exact) mass is 414 g/mol. The number of ether oxygens (including phenoxy) is 1. The highest BCUT2D eigenvalue weighted by atomic mass is 16.7. The Hall–Kier alpha value is -3.64. The van der Waals surface area contributed by atoms with Crippen molar-refractivity contribution >= 4 is 23.2 Å². The number of carbonyl (C=O) groups is 2. The van der Waals surface area contributed by atoms with E-state index in [0.29, 0.717) is 5.69 Å². The maximum absolute atomic E-state index is 13.5. The summed E-state index contributed by atoms with van der Waals surface area (Å²) in [5.41, 5.74) is 3.28. The number of aryl methyl sites for hydroxylation is 1. The Morgan fingerprint density at radius 2 is 1.52 bits per heavy atom. The van der Waals surface area contributed by atoms with Crippen LogP contribution in [0.25, 0.3) is 0 Å². The van der Waals surface area contributed by atoms with Crippen molar-refractivity contribution < 1.29 is 19.2 Å². The number of nitrogens with zero attached hydrogens (tertiary/aromatic N) is 2. The molecule has 2 aliphatic heterocycles. The van der Waals surface area contributed by atoms with E-state index in [0.717, 1.165) is 22.6 Å². The van der Waals surface area contributed by atoms with E-state index in [1.54, 1.807) is 24.3 Å². The van der Waals surface area contributed by atoms with Gasteiger partial charge in [-0.2, -0.15) is 0 Å². The Morgan fingerprint density at radius 1 is 0.839 bits per heavy atom. The molecule has 2 heterocycles. The van der Waals surface area contributed by atoms with Gasteiger partial charge in [0.1, 0.15) is 11.7 Å². The van der Waals surface area contributed by atoms with Crippen molar-refractivity contribution in [3.05, 3.63) is 90.0 Å². The van der Waals surface area contributed by atoms with Crippen molar-refractivity contribution in [2.45, 2.75) is 19.1 Å². The van der Waals surface area contributed by atoms with Gasteiger partial charge in [-0.1, -0.05) is 48.5 Å². The Bertz CT molecular complexity index is 1130. The predicted octanol–water partition coefficient (Wildman–Crippen LogP) is 4.05. The summed E-state index contributed by atoms with van der Waals surface area (Å²) >= 11 is 0. The van der Waals surface area contributed by atoms with Crippen molar-refractivity contribution in [3.63, 3.8) is 0 Å². The summed E-state index contributed by atoms with van der Waals surface area (Å²) in [5.74, 6) is -0.518. The fourth-order valence-corrected chi connectivity index (χ4v) is 4.41. The minimum absolute atomic E-state index is 0.252. The number of imide groups is 1. The second-order valence-electron chi connectivity index (χ2n) is 7.73. The summed E-state index contributed by atoms with van der Waals surface area (Å²) in [6.07, 6.45) is -0.876. The Balaban J connectivity index is 1.60. The van der Waals surface area contributed by atoms with E-state index in [4.69, 9.17) is 9.57 Å². The molecule has 156 valence electrons. The second-order valence-corrected chi connectivity index (χ2v) is 7.73. The maximum atomic E-state index is 13.5. The molecule has 2 fully saturated rings. The topological polar surface area (TPSA) is 59.1 Å². The number of amides is 2. The predicted molar refractivity (Wildman–Crippen MR) is 117 cm³/mol. The van der Waals surface area contributed by atoms with Crippen LogP contribution in [0.15, 0.2) is 78.9 Å². The molecule has 0 radical (unpaired) electrons. The van der Waals surface area contributed by atoms with Crippen LogP contribution in [0.5, 0.6) is 5.75 Å². The molecule has 2 saturated heterocycles. The normalized spacial score (nSPS) is 22.7. The number of rotatable bonds is 4. The summed E-state index contributed by atoms with van der Waals surface area (Å²) < 4.78 is 5.29. The van der Waals surface area contributed by atoms with Crippen LogP contribution < -0.4 is 14.7 Å². The summed E-state index contributed by atoms with van der Waals surface area (Å²) in [7, 11) is 1.61. The zero-order chi connectivity index (χ0) is 21.5. The molecule has 5 rings (SSSR count). The Morgan fingerprint density at radius 3 is 2.19 bits per heavy atom. The lowest BCUT2D eigenvalue weighted by molar-refractivity contribution is -0.126. The molecule has 3 atom stereocenters. The van der Waals surface area contributed by atoms with Crippen LogP contribution in [-0.2, 0) is 14.4 Å². The molecule has 0 N–H and O–H groups in total. The quantitative estimate of drug-likeness (QED) is 0.603. The molecular formula is C25H22N2O4. The lowest BCUT2D eigenvalue weighted by Gasteiger charge is -2.29. The molecule has 2 amide bonds. The zero-order valence-corrected chi connectivity index (χ0v) is 17.3. The number of anilines is 2. The number of fused-ring (bicyclic) bond motifs is 1. The SMILES string of the molecule is COc1ccc([C@@H]2[C@@H]3C(=O)N(c4ccccc4)C(=O)[C@@H]3ON2c2ccccc2C)cc1. The molecule has 0 bridgehead atoms. The molecule has 3 aromatic carbocycles. The first-order valence-corrected chi connectivity index (χ1v) is 10.2. The van der Waals surface area contributed by atoms with Gasteiger partial charge in [0.15, 0.2) is 6.10 Å². The molecule has 0 spiro atoms. The molecule has 6 nitrogen and oxygen atoms in total. The van der Waals surface area contributed by atoms with Gasteiger partial charge in [-0.05, 0) is 48.4 Å². The van der Waals surface area contributed by atoms with Crippen molar-refractivity contribution in [2.24, 2.45) is 5.92 Å². The van der Waals surface area contributed by atoms with E-state index in [1.807, 2.05) is 73.7 Å². The van der Waals surface area contributed by atoms with Crippen LogP contribution in [0.1, 0.15) is 17.2 Å². The lowest BCUT2D eigenvalue weighted by atomic mass is 9.90. The summed E-state index contributed by atoms with van der Waals surface area (Å²) in [6, 6.07) is 23.9. The van der Waals surface area contributed by atoms with Gasteiger partial charge in [0, 0.05) is 0 Å². The van der Waals surface area contributed by atoms with E-state index in [1.165, 1.54) is 4.90 Å². The van der Waals surface area contributed by atoms with Crippen LogP contribution in [0.2, 0.25) is 0 Å². The summed E-state index contributed by atoms with van der Waals surface area (Å²) in [6.45, 7) is 1.98. The fraction of sp³-hybridized carbons (Fsp3) is 0.200. The first-order chi connectivity index (χ1) is 15.1. The molecule has 3 aromatic rings. The fourth-order valence-electron chi connectivity index (χ4n) is 4.41. The summed E-state index contributed by atoms with van der Waals surface area (Å²) in [5, 5.41) is 1.73. The highest BCUT2D eigenvalue weighted by Crippen LogP contribution is 2.48. The molecule has 0 unspecified atom stereocenters. The number of carbonyl (C=O) groups excluding carboxylic acids is 2. The van der Waals surface area contributed by atoms with Gasteiger partial charge in [0.2, 0.25) is 5.91 Å². The molecule has 6 heteroatoms. The van der Waals surface area contributed by atoms with Crippen LogP contribution in [0.4, 0.5) is 11.4 Å². The average molecular weight is 414 g/mol. The molecule has 0 aliphatic carbocycles. The standard InChI is InChI=1S/C25H22N2O4/c1-16-8-6-7-11-20(16)27-22(17-12-14-19(30-2)15-13-17)21-23(31-27)25(29)26(24(21)28)18-9-4-3-5-10-18/h3-15,21-23H,1-2H3/t21-,22+,23+/m0/s1. The Kier molecular flexibility index (Phi) is 4.71. The average Bonchev–Trinajstić information content (AvgIpc) is 3.30. The van der Waals surface area contributed by atoms with Gasteiger partial charge in [0.25, 0.3) is 5.91 Å². The smallest absolute Gasteiger partial charge is 0.266 e. The third-order valence-electron chi connectivity index (χ3n) is 5.94. The number of methoxy groups -OCH3 is 1. The van der Waals surface area contributed by atoms with Gasteiger partial charge in [-0.25, -0.2) is 9.96 Å².